The molecule has 3 amide bonds. The lowest BCUT2D eigenvalue weighted by atomic mass is 10.2. The van der Waals surface area contributed by atoms with E-state index in [4.69, 9.17) is 9.84 Å². The van der Waals surface area contributed by atoms with Crippen molar-refractivity contribution in [2.45, 2.75) is 23.5 Å². The molecule has 1 aliphatic heterocycles. The maximum absolute atomic E-state index is 12.9. The van der Waals surface area contributed by atoms with Crippen LogP contribution in [0, 0.1) is 0 Å². The first kappa shape index (κ1) is 23.7. The summed E-state index contributed by atoms with van der Waals surface area (Å²) in [5.41, 5.74) is 1.11. The van der Waals surface area contributed by atoms with Gasteiger partial charge in [-0.25, -0.2) is 14.5 Å². The summed E-state index contributed by atoms with van der Waals surface area (Å²) in [7, 11) is 0. The molecule has 1 unspecified atom stereocenters. The first-order valence-electron chi connectivity index (χ1n) is 9.91. The van der Waals surface area contributed by atoms with Crippen molar-refractivity contribution >= 4 is 52.8 Å². The fourth-order valence-corrected chi connectivity index (χ4v) is 4.18. The summed E-state index contributed by atoms with van der Waals surface area (Å²) in [5, 5.41) is 10.5. The third-order valence-corrected chi connectivity index (χ3v) is 5.68. The molecule has 10 heteroatoms. The third-order valence-electron chi connectivity index (χ3n) is 4.50. The normalized spacial score (nSPS) is 15.7. The number of amides is 3. The van der Waals surface area contributed by atoms with Gasteiger partial charge < -0.3 is 15.2 Å². The lowest BCUT2D eigenvalue weighted by Gasteiger charge is -2.15. The molecule has 2 aromatic carbocycles. The van der Waals surface area contributed by atoms with Crippen LogP contribution in [-0.4, -0.2) is 46.6 Å². The molecule has 3 rings (SSSR count). The molecule has 33 heavy (non-hydrogen) atoms. The van der Waals surface area contributed by atoms with E-state index in [0.29, 0.717) is 21.8 Å². The number of thioether (sulfide) groups is 1. The van der Waals surface area contributed by atoms with Gasteiger partial charge in [-0.15, -0.1) is 11.8 Å². The third kappa shape index (κ3) is 6.07. The van der Waals surface area contributed by atoms with Crippen molar-refractivity contribution in [3.8, 4) is 0 Å². The average molecular weight is 468 g/mol. The maximum atomic E-state index is 12.9. The van der Waals surface area contributed by atoms with Gasteiger partial charge in [-0.3, -0.25) is 14.4 Å². The molecule has 1 atom stereocenters. The summed E-state index contributed by atoms with van der Waals surface area (Å²) in [6.45, 7) is 1.94. The molecule has 1 saturated heterocycles. The number of hydrogen-bond donors (Lipinski definition) is 2. The van der Waals surface area contributed by atoms with Crippen LogP contribution in [0.1, 0.15) is 23.7 Å². The van der Waals surface area contributed by atoms with Crippen LogP contribution in [0.25, 0.3) is 0 Å². The van der Waals surface area contributed by atoms with Crippen molar-refractivity contribution in [3.63, 3.8) is 0 Å². The predicted molar refractivity (Wildman–Crippen MR) is 121 cm³/mol. The van der Waals surface area contributed by atoms with Gasteiger partial charge in [0.15, 0.2) is 0 Å². The smallest absolute Gasteiger partial charge is 0.338 e. The highest BCUT2D eigenvalue weighted by atomic mass is 32.2. The fraction of sp³-hybridized carbons (Fsp3) is 0.174. The number of carbonyl (C=O) groups excluding carboxylic acids is 4. The van der Waals surface area contributed by atoms with E-state index in [-0.39, 0.29) is 24.8 Å². The van der Waals surface area contributed by atoms with Crippen molar-refractivity contribution in [2.75, 3.05) is 16.8 Å². The van der Waals surface area contributed by atoms with Gasteiger partial charge in [-0.1, -0.05) is 6.07 Å². The Hall–Kier alpha value is -3.92. The van der Waals surface area contributed by atoms with Gasteiger partial charge >= 0.3 is 11.9 Å². The lowest BCUT2D eigenvalue weighted by Crippen LogP contribution is -2.31. The number of carboxylic acid groups (broad SMARTS) is 1. The van der Waals surface area contributed by atoms with Crippen LogP contribution in [-0.2, 0) is 23.9 Å². The zero-order valence-corrected chi connectivity index (χ0v) is 18.3. The highest BCUT2D eigenvalue weighted by Crippen LogP contribution is 2.35. The Balaban J connectivity index is 1.68. The number of benzene rings is 2. The molecule has 1 heterocycles. The number of aliphatic carboxylic acids is 1. The number of carbonyl (C=O) groups is 5. The van der Waals surface area contributed by atoms with E-state index in [9.17, 15) is 24.0 Å². The number of carboxylic acids is 1. The summed E-state index contributed by atoms with van der Waals surface area (Å²) in [4.78, 5) is 61.3. The second-order valence-corrected chi connectivity index (χ2v) is 8.11. The van der Waals surface area contributed by atoms with E-state index in [1.165, 1.54) is 36.0 Å². The van der Waals surface area contributed by atoms with Crippen LogP contribution >= 0.6 is 11.8 Å². The molecule has 0 aromatic heterocycles. The molecular weight excluding hydrogens is 448 g/mol. The molecule has 0 spiro atoms. The molecule has 0 saturated carbocycles. The van der Waals surface area contributed by atoms with Gasteiger partial charge in [-0.2, -0.15) is 0 Å². The SMILES string of the molecule is CCOC(=O)c1ccc(N2C(=O)CC(Sc3cccc(NC(=O)C=CC(=O)O)c3)C2=O)cc1. The van der Waals surface area contributed by atoms with Gasteiger partial charge in [0.2, 0.25) is 17.7 Å². The zero-order valence-electron chi connectivity index (χ0n) is 17.5. The summed E-state index contributed by atoms with van der Waals surface area (Å²) < 4.78 is 4.93. The molecule has 0 aliphatic carbocycles. The largest absolute Gasteiger partial charge is 0.478 e. The molecular formula is C23H20N2O7S. The number of anilines is 2. The van der Waals surface area contributed by atoms with Gasteiger partial charge in [0.05, 0.1) is 23.1 Å². The Bertz CT molecular complexity index is 1130. The Labute approximate surface area is 193 Å². The highest BCUT2D eigenvalue weighted by molar-refractivity contribution is 8.00. The number of imide groups is 1. The standard InChI is InChI=1S/C23H20N2O7S/c1-2-32-23(31)14-6-8-16(9-7-14)25-20(27)13-18(22(25)30)33-17-5-3-4-15(12-17)24-19(26)10-11-21(28)29/h3-12,18H,2,13H2,1H3,(H,24,26)(H,28,29). The van der Waals surface area contributed by atoms with Crippen LogP contribution in [0.5, 0.6) is 0 Å². The Morgan fingerprint density at radius 2 is 1.88 bits per heavy atom. The van der Waals surface area contributed by atoms with Crippen molar-refractivity contribution in [2.24, 2.45) is 0 Å². The van der Waals surface area contributed by atoms with Crippen LogP contribution in [0.2, 0.25) is 0 Å². The van der Waals surface area contributed by atoms with E-state index in [1.807, 2.05) is 0 Å². The Morgan fingerprint density at radius 1 is 1.15 bits per heavy atom. The summed E-state index contributed by atoms with van der Waals surface area (Å²) in [5.74, 6) is -3.07. The molecule has 9 nitrogen and oxygen atoms in total. The van der Waals surface area contributed by atoms with E-state index >= 15 is 0 Å². The maximum Gasteiger partial charge on any atom is 0.338 e. The topological polar surface area (TPSA) is 130 Å². The van der Waals surface area contributed by atoms with Crippen LogP contribution in [0.4, 0.5) is 11.4 Å². The number of nitrogens with zero attached hydrogens (tertiary/aromatic N) is 1. The molecule has 170 valence electrons. The van der Waals surface area contributed by atoms with E-state index < -0.39 is 23.1 Å². The quantitative estimate of drug-likeness (QED) is 0.344. The second kappa shape index (κ2) is 10.6. The van der Waals surface area contributed by atoms with Gasteiger partial charge in [0, 0.05) is 29.2 Å². The first-order valence-corrected chi connectivity index (χ1v) is 10.8. The fourth-order valence-electron chi connectivity index (χ4n) is 3.07. The zero-order chi connectivity index (χ0) is 24.0. The highest BCUT2D eigenvalue weighted by Gasteiger charge is 2.40. The van der Waals surface area contributed by atoms with Crippen molar-refractivity contribution < 1.29 is 33.8 Å². The minimum absolute atomic E-state index is 0.00106. The number of rotatable bonds is 8. The first-order chi connectivity index (χ1) is 15.8. The van der Waals surface area contributed by atoms with Gasteiger partial charge in [0.1, 0.15) is 0 Å². The van der Waals surface area contributed by atoms with Crippen molar-refractivity contribution in [1.82, 2.24) is 0 Å². The second-order valence-electron chi connectivity index (χ2n) is 6.83. The number of nitrogens with one attached hydrogen (secondary N) is 1. The van der Waals surface area contributed by atoms with E-state index in [1.54, 1.807) is 31.2 Å². The molecule has 2 aromatic rings. The monoisotopic (exact) mass is 468 g/mol. The average Bonchev–Trinajstić information content (AvgIpc) is 3.05. The summed E-state index contributed by atoms with van der Waals surface area (Å²) >= 11 is 1.19. The Kier molecular flexibility index (Phi) is 7.62. The summed E-state index contributed by atoms with van der Waals surface area (Å²) in [6, 6.07) is 12.7. The minimum Gasteiger partial charge on any atom is -0.478 e. The number of hydrogen-bond acceptors (Lipinski definition) is 7. The molecule has 1 fully saturated rings. The molecule has 0 radical (unpaired) electrons. The number of esters is 1. The van der Waals surface area contributed by atoms with Crippen LogP contribution in [0.15, 0.2) is 65.6 Å². The van der Waals surface area contributed by atoms with Gasteiger partial charge in [-0.05, 0) is 49.4 Å². The summed E-state index contributed by atoms with van der Waals surface area (Å²) in [6.07, 6.45) is 1.62. The van der Waals surface area contributed by atoms with Crippen LogP contribution < -0.4 is 10.2 Å². The van der Waals surface area contributed by atoms with E-state index in [2.05, 4.69) is 5.32 Å². The molecule has 0 bridgehead atoms. The molecule has 1 aliphatic rings. The number of ether oxygens (including phenoxy) is 1. The predicted octanol–water partition coefficient (Wildman–Crippen LogP) is 2.87. The van der Waals surface area contributed by atoms with E-state index in [0.717, 1.165) is 17.1 Å². The molecule has 2 N–H and O–H groups in total. The van der Waals surface area contributed by atoms with Crippen molar-refractivity contribution in [3.05, 3.63) is 66.2 Å². The van der Waals surface area contributed by atoms with Crippen LogP contribution in [0.3, 0.4) is 0 Å². The Morgan fingerprint density at radius 3 is 2.55 bits per heavy atom. The van der Waals surface area contributed by atoms with Gasteiger partial charge in [0.25, 0.3) is 0 Å². The van der Waals surface area contributed by atoms with Crippen molar-refractivity contribution in [1.29, 1.82) is 0 Å². The lowest BCUT2D eigenvalue weighted by molar-refractivity contribution is -0.131. The minimum atomic E-state index is -1.24.